The number of rotatable bonds is 6. The van der Waals surface area contributed by atoms with Crippen LogP contribution in [0.5, 0.6) is 5.75 Å². The Morgan fingerprint density at radius 3 is 2.95 bits per heavy atom. The molecule has 1 aromatic heterocycles. The van der Waals surface area contributed by atoms with E-state index in [4.69, 9.17) is 9.26 Å². The lowest BCUT2D eigenvalue weighted by Gasteiger charge is -2.11. The minimum absolute atomic E-state index is 0.0564. The van der Waals surface area contributed by atoms with Crippen molar-refractivity contribution < 1.29 is 13.7 Å². The van der Waals surface area contributed by atoms with E-state index >= 15 is 0 Å². The summed E-state index contributed by atoms with van der Waals surface area (Å²) in [7, 11) is 0. The molecule has 0 bridgehead atoms. The maximum Gasteiger partial charge on any atom is 0.264 e. The SMILES string of the molecule is CCNCc1cccc(F)c1OCc1nc(C)no1. The summed E-state index contributed by atoms with van der Waals surface area (Å²) in [6.07, 6.45) is 0. The van der Waals surface area contributed by atoms with Crippen molar-refractivity contribution in [1.82, 2.24) is 15.5 Å². The molecule has 102 valence electrons. The summed E-state index contributed by atoms with van der Waals surface area (Å²) < 4.78 is 24.1. The van der Waals surface area contributed by atoms with Crippen LogP contribution < -0.4 is 10.1 Å². The average Bonchev–Trinajstić information content (AvgIpc) is 2.81. The van der Waals surface area contributed by atoms with Crippen LogP contribution in [0.1, 0.15) is 24.2 Å². The average molecular weight is 265 g/mol. The number of aromatic nitrogens is 2. The van der Waals surface area contributed by atoms with Gasteiger partial charge in [-0.05, 0) is 19.5 Å². The van der Waals surface area contributed by atoms with Crippen LogP contribution in [0.2, 0.25) is 0 Å². The number of hydrogen-bond donors (Lipinski definition) is 1. The third-order valence-electron chi connectivity index (χ3n) is 2.52. The van der Waals surface area contributed by atoms with E-state index in [9.17, 15) is 4.39 Å². The number of nitrogens with one attached hydrogen (secondary N) is 1. The molecule has 1 aromatic carbocycles. The first-order valence-electron chi connectivity index (χ1n) is 6.10. The van der Waals surface area contributed by atoms with Crippen molar-refractivity contribution in [2.45, 2.75) is 27.0 Å². The van der Waals surface area contributed by atoms with Gasteiger partial charge in [0.05, 0.1) is 0 Å². The molecule has 0 radical (unpaired) electrons. The zero-order valence-corrected chi connectivity index (χ0v) is 10.9. The molecule has 2 aromatic rings. The van der Waals surface area contributed by atoms with Gasteiger partial charge in [-0.15, -0.1) is 0 Å². The molecule has 0 aliphatic heterocycles. The molecule has 19 heavy (non-hydrogen) atoms. The molecule has 0 unspecified atom stereocenters. The molecule has 2 rings (SSSR count). The molecule has 5 nitrogen and oxygen atoms in total. The van der Waals surface area contributed by atoms with Gasteiger partial charge in [-0.3, -0.25) is 0 Å². The fourth-order valence-electron chi connectivity index (χ4n) is 1.65. The first kappa shape index (κ1) is 13.5. The van der Waals surface area contributed by atoms with Crippen molar-refractivity contribution in [2.24, 2.45) is 0 Å². The number of benzene rings is 1. The summed E-state index contributed by atoms with van der Waals surface area (Å²) in [5, 5.41) is 6.79. The lowest BCUT2D eigenvalue weighted by atomic mass is 10.2. The van der Waals surface area contributed by atoms with Crippen LogP contribution in [0.25, 0.3) is 0 Å². The van der Waals surface area contributed by atoms with Gasteiger partial charge >= 0.3 is 0 Å². The van der Waals surface area contributed by atoms with Crippen LogP contribution in [0.3, 0.4) is 0 Å². The van der Waals surface area contributed by atoms with E-state index in [-0.39, 0.29) is 12.4 Å². The predicted molar refractivity (Wildman–Crippen MR) is 67.1 cm³/mol. The van der Waals surface area contributed by atoms with Crippen molar-refractivity contribution in [1.29, 1.82) is 0 Å². The molecule has 1 heterocycles. The summed E-state index contributed by atoms with van der Waals surface area (Å²) in [5.41, 5.74) is 0.762. The summed E-state index contributed by atoms with van der Waals surface area (Å²) in [6.45, 7) is 5.11. The molecule has 1 N–H and O–H groups in total. The minimum Gasteiger partial charge on any atom is -0.480 e. The number of para-hydroxylation sites is 1. The Kier molecular flexibility index (Phi) is 4.46. The van der Waals surface area contributed by atoms with Gasteiger partial charge in [0.2, 0.25) is 0 Å². The van der Waals surface area contributed by atoms with Gasteiger partial charge in [-0.2, -0.15) is 4.98 Å². The van der Waals surface area contributed by atoms with E-state index in [0.29, 0.717) is 18.3 Å². The minimum atomic E-state index is -0.397. The Morgan fingerprint density at radius 1 is 1.42 bits per heavy atom. The molecule has 0 saturated heterocycles. The maximum atomic E-state index is 13.8. The second-order valence-corrected chi connectivity index (χ2v) is 4.03. The van der Waals surface area contributed by atoms with Crippen LogP contribution in [0, 0.1) is 12.7 Å². The maximum absolute atomic E-state index is 13.8. The molecular formula is C13H16FN3O2. The highest BCUT2D eigenvalue weighted by Crippen LogP contribution is 2.23. The van der Waals surface area contributed by atoms with Crippen LogP contribution in [-0.4, -0.2) is 16.7 Å². The topological polar surface area (TPSA) is 60.2 Å². The Hall–Kier alpha value is -1.95. The number of hydrogen-bond acceptors (Lipinski definition) is 5. The van der Waals surface area contributed by atoms with Gasteiger partial charge in [0.15, 0.2) is 24.0 Å². The molecule has 0 spiro atoms. The molecular weight excluding hydrogens is 249 g/mol. The molecule has 0 aliphatic rings. The fraction of sp³-hybridized carbons (Fsp3) is 0.385. The van der Waals surface area contributed by atoms with E-state index < -0.39 is 5.82 Å². The predicted octanol–water partition coefficient (Wildman–Crippen LogP) is 2.21. The van der Waals surface area contributed by atoms with Crippen LogP contribution in [-0.2, 0) is 13.2 Å². The van der Waals surface area contributed by atoms with Crippen LogP contribution >= 0.6 is 0 Å². The Morgan fingerprint density at radius 2 is 2.26 bits per heavy atom. The molecule has 0 saturated carbocycles. The monoisotopic (exact) mass is 265 g/mol. The summed E-state index contributed by atoms with van der Waals surface area (Å²) in [6, 6.07) is 4.84. The van der Waals surface area contributed by atoms with Gasteiger partial charge in [0.25, 0.3) is 5.89 Å². The van der Waals surface area contributed by atoms with Crippen molar-refractivity contribution in [2.75, 3.05) is 6.54 Å². The lowest BCUT2D eigenvalue weighted by molar-refractivity contribution is 0.232. The van der Waals surface area contributed by atoms with Crippen molar-refractivity contribution in [3.8, 4) is 5.75 Å². The Bertz CT molecular complexity index is 542. The Labute approximate surface area is 110 Å². The zero-order chi connectivity index (χ0) is 13.7. The highest BCUT2D eigenvalue weighted by atomic mass is 19.1. The van der Waals surface area contributed by atoms with E-state index in [1.54, 1.807) is 13.0 Å². The van der Waals surface area contributed by atoms with E-state index in [1.165, 1.54) is 6.07 Å². The third-order valence-corrected chi connectivity index (χ3v) is 2.52. The zero-order valence-electron chi connectivity index (χ0n) is 10.9. The van der Waals surface area contributed by atoms with Gasteiger partial charge in [-0.25, -0.2) is 4.39 Å². The smallest absolute Gasteiger partial charge is 0.264 e. The Balaban J connectivity index is 2.09. The number of halogens is 1. The summed E-state index contributed by atoms with van der Waals surface area (Å²) in [4.78, 5) is 4.01. The summed E-state index contributed by atoms with van der Waals surface area (Å²) in [5.74, 6) is 0.682. The van der Waals surface area contributed by atoms with Crippen LogP contribution in [0.15, 0.2) is 22.7 Å². The quantitative estimate of drug-likeness (QED) is 0.867. The van der Waals surface area contributed by atoms with E-state index in [2.05, 4.69) is 15.5 Å². The van der Waals surface area contributed by atoms with Gasteiger partial charge in [0.1, 0.15) is 0 Å². The molecule has 0 amide bonds. The van der Waals surface area contributed by atoms with Crippen molar-refractivity contribution >= 4 is 0 Å². The van der Waals surface area contributed by atoms with Crippen molar-refractivity contribution in [3.05, 3.63) is 41.3 Å². The van der Waals surface area contributed by atoms with Crippen molar-refractivity contribution in [3.63, 3.8) is 0 Å². The largest absolute Gasteiger partial charge is 0.480 e. The second-order valence-electron chi connectivity index (χ2n) is 4.03. The normalized spacial score (nSPS) is 10.7. The second kappa shape index (κ2) is 6.29. The molecule has 0 atom stereocenters. The highest BCUT2D eigenvalue weighted by Gasteiger charge is 2.11. The van der Waals surface area contributed by atoms with Gasteiger partial charge in [0, 0.05) is 12.1 Å². The first-order chi connectivity index (χ1) is 9.20. The number of aryl methyl sites for hydroxylation is 1. The number of nitrogens with zero attached hydrogens (tertiary/aromatic N) is 2. The molecule has 0 fully saturated rings. The highest BCUT2D eigenvalue weighted by molar-refractivity contribution is 5.34. The molecule has 6 heteroatoms. The van der Waals surface area contributed by atoms with Gasteiger partial charge in [-0.1, -0.05) is 24.2 Å². The fourth-order valence-corrected chi connectivity index (χ4v) is 1.65. The van der Waals surface area contributed by atoms with Gasteiger partial charge < -0.3 is 14.6 Å². The first-order valence-corrected chi connectivity index (χ1v) is 6.10. The van der Waals surface area contributed by atoms with E-state index in [0.717, 1.165) is 12.1 Å². The summed E-state index contributed by atoms with van der Waals surface area (Å²) >= 11 is 0. The number of ether oxygens (including phenoxy) is 1. The molecule has 0 aliphatic carbocycles. The van der Waals surface area contributed by atoms with Crippen LogP contribution in [0.4, 0.5) is 4.39 Å². The third kappa shape index (κ3) is 3.51. The lowest BCUT2D eigenvalue weighted by Crippen LogP contribution is -2.13. The standard InChI is InChI=1S/C13H16FN3O2/c1-3-15-7-10-5-4-6-11(14)13(10)18-8-12-16-9(2)17-19-12/h4-6,15H,3,7-8H2,1-2H3. The van der Waals surface area contributed by atoms with E-state index in [1.807, 2.05) is 13.0 Å².